The van der Waals surface area contributed by atoms with Crippen molar-refractivity contribution in [3.63, 3.8) is 0 Å². The van der Waals surface area contributed by atoms with Crippen molar-refractivity contribution in [2.45, 2.75) is 69.4 Å². The van der Waals surface area contributed by atoms with Crippen molar-refractivity contribution < 1.29 is 19.7 Å². The number of aromatic hydroxyl groups is 1. The van der Waals surface area contributed by atoms with Gasteiger partial charge in [0.2, 0.25) is 0 Å². The van der Waals surface area contributed by atoms with Gasteiger partial charge in [0.1, 0.15) is 5.78 Å². The molecule has 2 N–H and O–H groups in total. The van der Waals surface area contributed by atoms with Crippen LogP contribution in [0.15, 0.2) is 12.1 Å². The minimum Gasteiger partial charge on any atom is -0.504 e. The number of hydrogen-bond donors (Lipinski definition) is 2. The Morgan fingerprint density at radius 3 is 2.71 bits per heavy atom. The molecule has 1 saturated heterocycles. The molecule has 1 aliphatic heterocycles. The molecule has 3 aliphatic carbocycles. The van der Waals surface area contributed by atoms with E-state index in [1.165, 1.54) is 12.8 Å². The van der Waals surface area contributed by atoms with Crippen LogP contribution in [0.4, 0.5) is 0 Å². The molecule has 0 spiro atoms. The van der Waals surface area contributed by atoms with Crippen molar-refractivity contribution >= 4 is 5.78 Å². The molecular weight excluding hydrogens is 354 g/mol. The van der Waals surface area contributed by atoms with Crippen molar-refractivity contribution in [3.05, 3.63) is 23.3 Å². The zero-order chi connectivity index (χ0) is 19.9. The lowest BCUT2D eigenvalue weighted by atomic mass is 9.45. The van der Waals surface area contributed by atoms with Crippen LogP contribution < -0.4 is 4.74 Å². The summed E-state index contributed by atoms with van der Waals surface area (Å²) >= 11 is 0. The van der Waals surface area contributed by atoms with E-state index in [-0.39, 0.29) is 24.0 Å². The van der Waals surface area contributed by atoms with Gasteiger partial charge in [0.15, 0.2) is 11.5 Å². The number of ketones is 1. The molecule has 0 amide bonds. The summed E-state index contributed by atoms with van der Waals surface area (Å²) in [6.07, 6.45) is 4.71. The van der Waals surface area contributed by atoms with Crippen LogP contribution in [0.2, 0.25) is 0 Å². The van der Waals surface area contributed by atoms with Crippen LogP contribution in [0.25, 0.3) is 0 Å². The molecule has 3 fully saturated rings. The van der Waals surface area contributed by atoms with E-state index >= 15 is 0 Å². The third kappa shape index (κ3) is 2.29. The summed E-state index contributed by atoms with van der Waals surface area (Å²) in [5.74, 6) is 1.47. The van der Waals surface area contributed by atoms with Crippen LogP contribution in [0.5, 0.6) is 11.5 Å². The minimum absolute atomic E-state index is 0.00507. The van der Waals surface area contributed by atoms with E-state index in [4.69, 9.17) is 4.74 Å². The highest BCUT2D eigenvalue weighted by atomic mass is 16.5. The Labute approximate surface area is 166 Å². The first-order valence-corrected chi connectivity index (χ1v) is 10.6. The SMILES string of the molecule is COc1ccc2c(c1O)C13CCN(CC4CC4)C(C2)C1(O)CC(C)(C)C(=O)C3. The van der Waals surface area contributed by atoms with Crippen molar-refractivity contribution in [1.82, 2.24) is 4.90 Å². The Hall–Kier alpha value is -1.59. The highest BCUT2D eigenvalue weighted by Crippen LogP contribution is 2.63. The van der Waals surface area contributed by atoms with Crippen LogP contribution in [0, 0.1) is 11.3 Å². The number of Topliss-reactive ketones (excluding diaryl/α,β-unsaturated/α-hetero) is 1. The third-order valence-electron chi connectivity index (χ3n) is 8.10. The zero-order valence-electron chi connectivity index (χ0n) is 17.1. The third-order valence-corrected chi connectivity index (χ3v) is 8.10. The number of methoxy groups -OCH3 is 1. The van der Waals surface area contributed by atoms with Gasteiger partial charge in [-0.2, -0.15) is 0 Å². The van der Waals surface area contributed by atoms with Crippen molar-refractivity contribution in [3.8, 4) is 11.5 Å². The monoisotopic (exact) mass is 385 g/mol. The Morgan fingerprint density at radius 1 is 1.29 bits per heavy atom. The van der Waals surface area contributed by atoms with Crippen LogP contribution in [0.3, 0.4) is 0 Å². The van der Waals surface area contributed by atoms with E-state index in [1.54, 1.807) is 7.11 Å². The molecule has 152 valence electrons. The topological polar surface area (TPSA) is 70.0 Å². The van der Waals surface area contributed by atoms with Gasteiger partial charge in [0, 0.05) is 35.4 Å². The fourth-order valence-electron chi connectivity index (χ4n) is 6.41. The van der Waals surface area contributed by atoms with E-state index in [0.29, 0.717) is 25.0 Å². The number of carbonyl (C=O) groups is 1. The van der Waals surface area contributed by atoms with Crippen molar-refractivity contribution in [2.75, 3.05) is 20.2 Å². The van der Waals surface area contributed by atoms with Gasteiger partial charge in [0.25, 0.3) is 0 Å². The second-order valence-corrected chi connectivity index (χ2v) is 10.2. The molecule has 1 heterocycles. The van der Waals surface area contributed by atoms with Gasteiger partial charge < -0.3 is 14.9 Å². The summed E-state index contributed by atoms with van der Waals surface area (Å²) < 4.78 is 5.38. The first-order valence-electron chi connectivity index (χ1n) is 10.6. The number of phenolic OH excluding ortho intramolecular Hbond substituents is 1. The molecule has 2 saturated carbocycles. The Kier molecular flexibility index (Phi) is 3.77. The van der Waals surface area contributed by atoms with Gasteiger partial charge in [-0.1, -0.05) is 19.9 Å². The number of benzene rings is 1. The molecule has 4 aliphatic rings. The number of aliphatic hydroxyl groups is 1. The van der Waals surface area contributed by atoms with Gasteiger partial charge in [-0.15, -0.1) is 0 Å². The molecule has 3 unspecified atom stereocenters. The first-order chi connectivity index (χ1) is 13.2. The fourth-order valence-corrected chi connectivity index (χ4v) is 6.41. The van der Waals surface area contributed by atoms with Gasteiger partial charge in [0.05, 0.1) is 12.7 Å². The largest absolute Gasteiger partial charge is 0.504 e. The van der Waals surface area contributed by atoms with Crippen LogP contribution in [-0.4, -0.2) is 52.7 Å². The number of nitrogens with zero attached hydrogens (tertiary/aromatic N) is 1. The highest BCUT2D eigenvalue weighted by molar-refractivity contribution is 5.88. The van der Waals surface area contributed by atoms with Gasteiger partial charge >= 0.3 is 0 Å². The normalized spacial score (nSPS) is 36.6. The standard InChI is InChI=1S/C23H31NO4/c1-21(2)13-23(27)17-10-15-6-7-16(28-3)20(26)19(15)22(23,11-18(21)25)8-9-24(17)12-14-4-5-14/h6-7,14,17,26-27H,4-5,8-13H2,1-3H3. The number of likely N-dealkylation sites (tertiary alicyclic amines) is 1. The lowest BCUT2D eigenvalue weighted by Gasteiger charge is -2.65. The number of ether oxygens (including phenoxy) is 1. The first kappa shape index (κ1) is 18.4. The van der Waals surface area contributed by atoms with E-state index in [1.807, 2.05) is 26.0 Å². The van der Waals surface area contributed by atoms with Crippen LogP contribution >= 0.6 is 0 Å². The molecular formula is C23H31NO4. The molecule has 1 aromatic carbocycles. The van der Waals surface area contributed by atoms with Crippen LogP contribution in [-0.2, 0) is 16.6 Å². The summed E-state index contributed by atoms with van der Waals surface area (Å²) in [5, 5.41) is 23.4. The molecule has 5 rings (SSSR count). The number of carbonyl (C=O) groups excluding carboxylic acids is 1. The van der Waals surface area contributed by atoms with E-state index < -0.39 is 16.4 Å². The van der Waals surface area contributed by atoms with E-state index in [9.17, 15) is 15.0 Å². The summed E-state index contributed by atoms with van der Waals surface area (Å²) in [6, 6.07) is 3.83. The second-order valence-electron chi connectivity index (χ2n) is 10.2. The van der Waals surface area contributed by atoms with E-state index in [2.05, 4.69) is 4.90 Å². The molecule has 0 aromatic heterocycles. The Morgan fingerprint density at radius 2 is 2.04 bits per heavy atom. The zero-order valence-corrected chi connectivity index (χ0v) is 17.1. The molecule has 3 atom stereocenters. The molecule has 2 bridgehead atoms. The van der Waals surface area contributed by atoms with Crippen molar-refractivity contribution in [2.24, 2.45) is 11.3 Å². The van der Waals surface area contributed by atoms with Crippen LogP contribution in [0.1, 0.15) is 57.1 Å². The smallest absolute Gasteiger partial charge is 0.161 e. The Balaban J connectivity index is 1.70. The Bertz CT molecular complexity index is 845. The number of phenols is 1. The molecule has 0 radical (unpaired) electrons. The second kappa shape index (κ2) is 5.73. The summed E-state index contributed by atoms with van der Waals surface area (Å²) in [7, 11) is 1.55. The molecule has 5 nitrogen and oxygen atoms in total. The van der Waals surface area contributed by atoms with E-state index in [0.717, 1.165) is 30.1 Å². The fraction of sp³-hybridized carbons (Fsp3) is 0.696. The number of hydrogen-bond acceptors (Lipinski definition) is 5. The maximum absolute atomic E-state index is 13.1. The van der Waals surface area contributed by atoms with Crippen molar-refractivity contribution in [1.29, 1.82) is 0 Å². The van der Waals surface area contributed by atoms with Gasteiger partial charge in [-0.3, -0.25) is 9.69 Å². The minimum atomic E-state index is -1.02. The molecule has 5 heteroatoms. The predicted molar refractivity (Wildman–Crippen MR) is 106 cm³/mol. The number of piperidine rings is 1. The molecule has 28 heavy (non-hydrogen) atoms. The number of rotatable bonds is 3. The number of fused-ring (bicyclic) bond motifs is 1. The maximum Gasteiger partial charge on any atom is 0.161 e. The average molecular weight is 386 g/mol. The predicted octanol–water partition coefficient (Wildman–Crippen LogP) is 2.80. The highest BCUT2D eigenvalue weighted by Gasteiger charge is 2.68. The lowest BCUT2D eigenvalue weighted by Crippen LogP contribution is -2.75. The quantitative estimate of drug-likeness (QED) is 0.837. The summed E-state index contributed by atoms with van der Waals surface area (Å²) in [4.78, 5) is 15.6. The average Bonchev–Trinajstić information content (AvgIpc) is 3.42. The lowest BCUT2D eigenvalue weighted by molar-refractivity contribution is -0.191. The summed E-state index contributed by atoms with van der Waals surface area (Å²) in [6.45, 7) is 5.83. The van der Waals surface area contributed by atoms with Gasteiger partial charge in [-0.05, 0) is 56.2 Å². The summed E-state index contributed by atoms with van der Waals surface area (Å²) in [5.41, 5.74) is -0.475. The van der Waals surface area contributed by atoms with Gasteiger partial charge in [-0.25, -0.2) is 0 Å². The molecule has 1 aromatic rings. The maximum atomic E-state index is 13.1.